The molecule has 6 heteroatoms. The molecule has 6 nitrogen and oxygen atoms in total. The van der Waals surface area contributed by atoms with Gasteiger partial charge in [0.15, 0.2) is 0 Å². The van der Waals surface area contributed by atoms with Crippen molar-refractivity contribution >= 4 is 11.9 Å². The minimum Gasteiger partial charge on any atom is -0.396 e. The van der Waals surface area contributed by atoms with Crippen LogP contribution in [0.15, 0.2) is 36.7 Å². The van der Waals surface area contributed by atoms with Crippen molar-refractivity contribution in [3.8, 4) is 11.4 Å². The molecule has 1 aliphatic heterocycles. The minimum atomic E-state index is -0.0535. The summed E-state index contributed by atoms with van der Waals surface area (Å²) in [6.45, 7) is 0.461. The zero-order valence-electron chi connectivity index (χ0n) is 10.8. The average molecular weight is 270 g/mol. The van der Waals surface area contributed by atoms with Crippen LogP contribution in [0.25, 0.3) is 11.4 Å². The summed E-state index contributed by atoms with van der Waals surface area (Å²) in [7, 11) is 0. The first-order valence-corrected chi connectivity index (χ1v) is 6.43. The molecule has 1 aliphatic rings. The molecule has 1 atom stereocenters. The standard InChI is InChI=1S/C14H14N4O2/c19-9-10-7-13(20)18(8-10)14-16-6-4-12(17-14)11-3-1-2-5-15-11/h1-6,10,19H,7-9H2. The largest absolute Gasteiger partial charge is 0.396 e. The van der Waals surface area contributed by atoms with E-state index in [1.54, 1.807) is 18.5 Å². The number of aliphatic hydroxyl groups is 1. The zero-order chi connectivity index (χ0) is 13.9. The fraction of sp³-hybridized carbons (Fsp3) is 0.286. The first-order chi connectivity index (χ1) is 9.78. The summed E-state index contributed by atoms with van der Waals surface area (Å²) >= 11 is 0. The predicted molar refractivity (Wildman–Crippen MR) is 72.8 cm³/mol. The maximum atomic E-state index is 11.9. The number of carbonyl (C=O) groups excluding carboxylic acids is 1. The Morgan fingerprint density at radius 2 is 2.10 bits per heavy atom. The number of aromatic nitrogens is 3. The van der Waals surface area contributed by atoms with Crippen molar-refractivity contribution < 1.29 is 9.90 Å². The summed E-state index contributed by atoms with van der Waals surface area (Å²) in [4.78, 5) is 26.2. The van der Waals surface area contributed by atoms with Gasteiger partial charge >= 0.3 is 0 Å². The lowest BCUT2D eigenvalue weighted by Gasteiger charge is -2.14. The van der Waals surface area contributed by atoms with Crippen molar-refractivity contribution in [3.05, 3.63) is 36.7 Å². The van der Waals surface area contributed by atoms with Gasteiger partial charge in [-0.2, -0.15) is 0 Å². The van der Waals surface area contributed by atoms with Crippen LogP contribution in [0.4, 0.5) is 5.95 Å². The Morgan fingerprint density at radius 3 is 2.80 bits per heavy atom. The Kier molecular flexibility index (Phi) is 3.39. The van der Waals surface area contributed by atoms with Crippen LogP contribution in [0.2, 0.25) is 0 Å². The van der Waals surface area contributed by atoms with Crippen LogP contribution >= 0.6 is 0 Å². The highest BCUT2D eigenvalue weighted by Crippen LogP contribution is 2.23. The van der Waals surface area contributed by atoms with E-state index in [1.807, 2.05) is 18.2 Å². The third-order valence-corrected chi connectivity index (χ3v) is 3.27. The molecular formula is C14H14N4O2. The lowest BCUT2D eigenvalue weighted by molar-refractivity contribution is -0.117. The Labute approximate surface area is 116 Å². The SMILES string of the molecule is O=C1CC(CO)CN1c1nccc(-c2ccccn2)n1. The molecule has 1 unspecified atom stereocenters. The highest BCUT2D eigenvalue weighted by atomic mass is 16.3. The van der Waals surface area contributed by atoms with Crippen molar-refractivity contribution in [2.24, 2.45) is 5.92 Å². The molecule has 2 aromatic heterocycles. The number of amides is 1. The topological polar surface area (TPSA) is 79.2 Å². The van der Waals surface area contributed by atoms with E-state index in [4.69, 9.17) is 5.11 Å². The number of carbonyl (C=O) groups is 1. The molecule has 3 heterocycles. The van der Waals surface area contributed by atoms with E-state index in [2.05, 4.69) is 15.0 Å². The Morgan fingerprint density at radius 1 is 1.20 bits per heavy atom. The van der Waals surface area contributed by atoms with Gasteiger partial charge in [0.25, 0.3) is 0 Å². The van der Waals surface area contributed by atoms with Gasteiger partial charge in [0.05, 0.1) is 11.4 Å². The summed E-state index contributed by atoms with van der Waals surface area (Å²) < 4.78 is 0. The number of anilines is 1. The second kappa shape index (κ2) is 5.34. The van der Waals surface area contributed by atoms with Crippen molar-refractivity contribution in [2.75, 3.05) is 18.1 Å². The van der Waals surface area contributed by atoms with Gasteiger partial charge in [-0.15, -0.1) is 0 Å². The molecule has 1 saturated heterocycles. The summed E-state index contributed by atoms with van der Waals surface area (Å²) in [5.74, 6) is 0.279. The first kappa shape index (κ1) is 12.7. The van der Waals surface area contributed by atoms with E-state index in [1.165, 1.54) is 4.90 Å². The number of hydrogen-bond acceptors (Lipinski definition) is 5. The fourth-order valence-corrected chi connectivity index (χ4v) is 2.23. The summed E-state index contributed by atoms with van der Waals surface area (Å²) in [6.07, 6.45) is 3.65. The Balaban J connectivity index is 1.91. The Bertz CT molecular complexity index is 618. The molecule has 20 heavy (non-hydrogen) atoms. The molecule has 1 N–H and O–H groups in total. The maximum Gasteiger partial charge on any atom is 0.232 e. The molecule has 0 radical (unpaired) electrons. The molecule has 3 rings (SSSR count). The maximum absolute atomic E-state index is 11.9. The number of hydrogen-bond donors (Lipinski definition) is 1. The van der Waals surface area contributed by atoms with Gasteiger partial charge in [0.1, 0.15) is 0 Å². The van der Waals surface area contributed by atoms with E-state index < -0.39 is 0 Å². The van der Waals surface area contributed by atoms with Gasteiger partial charge in [0.2, 0.25) is 11.9 Å². The number of pyridine rings is 1. The van der Waals surface area contributed by atoms with Gasteiger partial charge in [-0.1, -0.05) is 6.07 Å². The van der Waals surface area contributed by atoms with Crippen LogP contribution in [0, 0.1) is 5.92 Å². The summed E-state index contributed by atoms with van der Waals surface area (Å²) in [5.41, 5.74) is 1.41. The van der Waals surface area contributed by atoms with E-state index in [-0.39, 0.29) is 18.4 Å². The van der Waals surface area contributed by atoms with E-state index >= 15 is 0 Å². The van der Waals surface area contributed by atoms with Crippen molar-refractivity contribution in [2.45, 2.75) is 6.42 Å². The molecule has 0 aromatic carbocycles. The number of aliphatic hydroxyl groups excluding tert-OH is 1. The molecular weight excluding hydrogens is 256 g/mol. The minimum absolute atomic E-state index is 0.00215. The molecule has 0 aliphatic carbocycles. The summed E-state index contributed by atoms with van der Waals surface area (Å²) in [6, 6.07) is 7.33. The highest BCUT2D eigenvalue weighted by molar-refractivity contribution is 5.94. The lowest BCUT2D eigenvalue weighted by Crippen LogP contribution is -2.27. The van der Waals surface area contributed by atoms with Gasteiger partial charge in [-0.25, -0.2) is 9.97 Å². The van der Waals surface area contributed by atoms with Crippen LogP contribution in [0.3, 0.4) is 0 Å². The van der Waals surface area contributed by atoms with Crippen LogP contribution in [0.1, 0.15) is 6.42 Å². The van der Waals surface area contributed by atoms with Crippen LogP contribution < -0.4 is 4.90 Å². The highest BCUT2D eigenvalue weighted by Gasteiger charge is 2.31. The average Bonchev–Trinajstić information content (AvgIpc) is 2.89. The van der Waals surface area contributed by atoms with E-state index in [0.717, 1.165) is 5.69 Å². The molecule has 2 aromatic rings. The second-order valence-electron chi connectivity index (χ2n) is 4.71. The number of nitrogens with zero attached hydrogens (tertiary/aromatic N) is 4. The number of rotatable bonds is 3. The van der Waals surface area contributed by atoms with Crippen molar-refractivity contribution in [1.29, 1.82) is 0 Å². The fourth-order valence-electron chi connectivity index (χ4n) is 2.23. The van der Waals surface area contributed by atoms with Gasteiger partial charge in [-0.3, -0.25) is 14.7 Å². The third kappa shape index (κ3) is 2.37. The molecule has 0 saturated carbocycles. The normalized spacial score (nSPS) is 18.6. The molecule has 1 fully saturated rings. The van der Waals surface area contributed by atoms with Crippen LogP contribution in [0.5, 0.6) is 0 Å². The third-order valence-electron chi connectivity index (χ3n) is 3.27. The molecule has 0 bridgehead atoms. The molecule has 0 spiro atoms. The second-order valence-corrected chi connectivity index (χ2v) is 4.71. The van der Waals surface area contributed by atoms with Crippen molar-refractivity contribution in [3.63, 3.8) is 0 Å². The lowest BCUT2D eigenvalue weighted by atomic mass is 10.1. The zero-order valence-corrected chi connectivity index (χ0v) is 10.8. The predicted octanol–water partition coefficient (Wildman–Crippen LogP) is 0.884. The van der Waals surface area contributed by atoms with Crippen LogP contribution in [-0.4, -0.2) is 39.1 Å². The van der Waals surface area contributed by atoms with Gasteiger partial charge in [-0.05, 0) is 18.2 Å². The van der Waals surface area contributed by atoms with Crippen molar-refractivity contribution in [1.82, 2.24) is 15.0 Å². The Hall–Kier alpha value is -2.34. The van der Waals surface area contributed by atoms with Gasteiger partial charge < -0.3 is 5.11 Å². The summed E-state index contributed by atoms with van der Waals surface area (Å²) in [5, 5.41) is 9.15. The van der Waals surface area contributed by atoms with E-state index in [0.29, 0.717) is 24.6 Å². The first-order valence-electron chi connectivity index (χ1n) is 6.43. The molecule has 1 amide bonds. The van der Waals surface area contributed by atoms with Crippen LogP contribution in [-0.2, 0) is 4.79 Å². The monoisotopic (exact) mass is 270 g/mol. The van der Waals surface area contributed by atoms with Gasteiger partial charge in [0, 0.05) is 37.9 Å². The smallest absolute Gasteiger partial charge is 0.232 e. The molecule has 102 valence electrons. The van der Waals surface area contributed by atoms with E-state index in [9.17, 15) is 4.79 Å². The quantitative estimate of drug-likeness (QED) is 0.895.